The molecule has 0 unspecified atom stereocenters. The molecule has 0 bridgehead atoms. The summed E-state index contributed by atoms with van der Waals surface area (Å²) < 4.78 is 5.82. The zero-order chi connectivity index (χ0) is 16.1. The van der Waals surface area contributed by atoms with Gasteiger partial charge in [0.2, 0.25) is 0 Å². The third kappa shape index (κ3) is 4.21. The van der Waals surface area contributed by atoms with Crippen molar-refractivity contribution in [3.63, 3.8) is 0 Å². The van der Waals surface area contributed by atoms with Gasteiger partial charge in [0.15, 0.2) is 0 Å². The molecule has 0 saturated carbocycles. The molecule has 118 valence electrons. The minimum absolute atomic E-state index is 0.327. The summed E-state index contributed by atoms with van der Waals surface area (Å²) in [6.45, 7) is 4.79. The van der Waals surface area contributed by atoms with E-state index in [2.05, 4.69) is 4.98 Å². The molecule has 1 amide bonds. The van der Waals surface area contributed by atoms with Gasteiger partial charge in [-0.05, 0) is 37.1 Å². The summed E-state index contributed by atoms with van der Waals surface area (Å²) in [6.07, 6.45) is 0.481. The van der Waals surface area contributed by atoms with Crippen molar-refractivity contribution in [2.45, 2.75) is 26.8 Å². The molecular formula is C16H19ClN2O2S. The first-order valence-corrected chi connectivity index (χ1v) is 8.30. The van der Waals surface area contributed by atoms with Crippen LogP contribution in [0.4, 0.5) is 4.79 Å². The molecule has 2 rings (SSSR count). The Labute approximate surface area is 139 Å². The van der Waals surface area contributed by atoms with E-state index >= 15 is 0 Å². The lowest BCUT2D eigenvalue weighted by Crippen LogP contribution is -2.27. The maximum absolute atomic E-state index is 11.9. The Morgan fingerprint density at radius 1 is 1.45 bits per heavy atom. The van der Waals surface area contributed by atoms with Gasteiger partial charge < -0.3 is 9.64 Å². The maximum atomic E-state index is 11.9. The van der Waals surface area contributed by atoms with E-state index in [4.69, 9.17) is 16.3 Å². The second-order valence-electron chi connectivity index (χ2n) is 5.04. The first kappa shape index (κ1) is 16.8. The highest BCUT2D eigenvalue weighted by molar-refractivity contribution is 7.19. The summed E-state index contributed by atoms with van der Waals surface area (Å²) in [5.74, 6) is 0. The number of hydrogen-bond acceptors (Lipinski definition) is 4. The SMILES string of the molecule is CCCOC(=O)N(C)Cc1cc(Cl)sc1-c1cccc(C)n1. The summed E-state index contributed by atoms with van der Waals surface area (Å²) in [5, 5.41) is 0. The van der Waals surface area contributed by atoms with Crippen molar-refractivity contribution in [2.24, 2.45) is 0 Å². The predicted octanol–water partition coefficient (Wildman–Crippen LogP) is 4.75. The molecule has 2 aromatic rings. The molecule has 22 heavy (non-hydrogen) atoms. The van der Waals surface area contributed by atoms with Crippen LogP contribution >= 0.6 is 22.9 Å². The largest absolute Gasteiger partial charge is 0.449 e. The normalized spacial score (nSPS) is 10.5. The molecule has 0 radical (unpaired) electrons. The van der Waals surface area contributed by atoms with Crippen LogP contribution in [-0.4, -0.2) is 29.6 Å². The van der Waals surface area contributed by atoms with Crippen LogP contribution in [-0.2, 0) is 11.3 Å². The molecule has 6 heteroatoms. The quantitative estimate of drug-likeness (QED) is 0.790. The Morgan fingerprint density at radius 3 is 2.91 bits per heavy atom. The molecular weight excluding hydrogens is 320 g/mol. The summed E-state index contributed by atoms with van der Waals surface area (Å²) in [7, 11) is 1.72. The molecule has 0 saturated heterocycles. The minimum atomic E-state index is -0.327. The van der Waals surface area contributed by atoms with Gasteiger partial charge in [-0.2, -0.15) is 0 Å². The topological polar surface area (TPSA) is 42.4 Å². The fraction of sp³-hybridized carbons (Fsp3) is 0.375. The number of thiophene rings is 1. The van der Waals surface area contributed by atoms with E-state index in [9.17, 15) is 4.79 Å². The number of halogens is 1. The third-order valence-corrected chi connectivity index (χ3v) is 4.38. The Hall–Kier alpha value is -1.59. The number of hydrogen-bond donors (Lipinski definition) is 0. The molecule has 0 aliphatic rings. The van der Waals surface area contributed by atoms with Crippen molar-refractivity contribution in [3.8, 4) is 10.6 Å². The number of aromatic nitrogens is 1. The van der Waals surface area contributed by atoms with Gasteiger partial charge in [0.25, 0.3) is 0 Å². The van der Waals surface area contributed by atoms with Crippen molar-refractivity contribution in [2.75, 3.05) is 13.7 Å². The summed E-state index contributed by atoms with van der Waals surface area (Å²) >= 11 is 7.63. The maximum Gasteiger partial charge on any atom is 0.409 e. The molecule has 2 heterocycles. The monoisotopic (exact) mass is 338 g/mol. The average molecular weight is 339 g/mol. The smallest absolute Gasteiger partial charge is 0.409 e. The number of rotatable bonds is 5. The van der Waals surface area contributed by atoms with Gasteiger partial charge in [-0.25, -0.2) is 4.79 Å². The van der Waals surface area contributed by atoms with Gasteiger partial charge in [-0.1, -0.05) is 24.6 Å². The first-order chi connectivity index (χ1) is 10.5. The number of pyridine rings is 1. The number of nitrogens with zero attached hydrogens (tertiary/aromatic N) is 2. The number of carbonyl (C=O) groups is 1. The third-order valence-electron chi connectivity index (χ3n) is 3.05. The lowest BCUT2D eigenvalue weighted by molar-refractivity contribution is 0.109. The lowest BCUT2D eigenvalue weighted by atomic mass is 10.2. The van der Waals surface area contributed by atoms with Crippen LogP contribution in [0.5, 0.6) is 0 Å². The summed E-state index contributed by atoms with van der Waals surface area (Å²) in [5.41, 5.74) is 2.80. The lowest BCUT2D eigenvalue weighted by Gasteiger charge is -2.17. The van der Waals surface area contributed by atoms with Crippen LogP contribution in [0.3, 0.4) is 0 Å². The second kappa shape index (κ2) is 7.61. The number of amides is 1. The van der Waals surface area contributed by atoms with Crippen molar-refractivity contribution in [3.05, 3.63) is 39.9 Å². The average Bonchev–Trinajstić information content (AvgIpc) is 2.85. The van der Waals surface area contributed by atoms with Gasteiger partial charge in [-0.3, -0.25) is 4.98 Å². The molecule has 0 aliphatic heterocycles. The number of aryl methyl sites for hydroxylation is 1. The van der Waals surface area contributed by atoms with Gasteiger partial charge in [-0.15, -0.1) is 11.3 Å². The van der Waals surface area contributed by atoms with E-state index in [1.165, 1.54) is 11.3 Å². The van der Waals surface area contributed by atoms with Crippen LogP contribution in [0.15, 0.2) is 24.3 Å². The number of carbonyl (C=O) groups excluding carboxylic acids is 1. The van der Waals surface area contributed by atoms with Crippen LogP contribution < -0.4 is 0 Å². The van der Waals surface area contributed by atoms with E-state index in [1.807, 2.05) is 38.1 Å². The zero-order valence-corrected chi connectivity index (χ0v) is 14.5. The van der Waals surface area contributed by atoms with E-state index in [0.717, 1.165) is 28.2 Å². The fourth-order valence-electron chi connectivity index (χ4n) is 2.02. The molecule has 0 aromatic carbocycles. The molecule has 0 spiro atoms. The Balaban J connectivity index is 2.20. The molecule has 0 N–H and O–H groups in total. The van der Waals surface area contributed by atoms with Crippen molar-refractivity contribution in [1.29, 1.82) is 0 Å². The second-order valence-corrected chi connectivity index (χ2v) is 6.72. The fourth-order valence-corrected chi connectivity index (χ4v) is 3.25. The van der Waals surface area contributed by atoms with Crippen LogP contribution in [0.1, 0.15) is 24.6 Å². The Morgan fingerprint density at radius 2 is 2.23 bits per heavy atom. The molecule has 0 fully saturated rings. The van der Waals surface area contributed by atoms with E-state index in [-0.39, 0.29) is 6.09 Å². The van der Waals surface area contributed by atoms with Crippen molar-refractivity contribution < 1.29 is 9.53 Å². The van der Waals surface area contributed by atoms with Crippen LogP contribution in [0, 0.1) is 6.92 Å². The standard InChI is InChI=1S/C16H19ClN2O2S/c1-4-8-21-16(20)19(3)10-12-9-14(17)22-15(12)13-7-5-6-11(2)18-13/h5-7,9H,4,8,10H2,1-3H3. The van der Waals surface area contributed by atoms with Crippen molar-refractivity contribution >= 4 is 29.0 Å². The molecule has 4 nitrogen and oxygen atoms in total. The first-order valence-electron chi connectivity index (χ1n) is 7.11. The molecule has 0 aliphatic carbocycles. The van der Waals surface area contributed by atoms with Crippen LogP contribution in [0.25, 0.3) is 10.6 Å². The van der Waals surface area contributed by atoms with Crippen molar-refractivity contribution in [1.82, 2.24) is 9.88 Å². The minimum Gasteiger partial charge on any atom is -0.449 e. The molecule has 2 aromatic heterocycles. The van der Waals surface area contributed by atoms with Gasteiger partial charge in [0.05, 0.1) is 28.1 Å². The highest BCUT2D eigenvalue weighted by atomic mass is 35.5. The van der Waals surface area contributed by atoms with E-state index < -0.39 is 0 Å². The summed E-state index contributed by atoms with van der Waals surface area (Å²) in [4.78, 5) is 18.9. The summed E-state index contributed by atoms with van der Waals surface area (Å²) in [6, 6.07) is 7.75. The Bertz CT molecular complexity index is 657. The molecule has 0 atom stereocenters. The van der Waals surface area contributed by atoms with Crippen LogP contribution in [0.2, 0.25) is 4.34 Å². The number of ether oxygens (including phenoxy) is 1. The van der Waals surface area contributed by atoms with Gasteiger partial charge >= 0.3 is 6.09 Å². The predicted molar refractivity (Wildman–Crippen MR) is 90.4 cm³/mol. The highest BCUT2D eigenvalue weighted by Crippen LogP contribution is 2.35. The Kier molecular flexibility index (Phi) is 5.80. The van der Waals surface area contributed by atoms with E-state index in [0.29, 0.717) is 17.5 Å². The van der Waals surface area contributed by atoms with E-state index in [1.54, 1.807) is 11.9 Å². The van der Waals surface area contributed by atoms with Gasteiger partial charge in [0, 0.05) is 12.7 Å². The van der Waals surface area contributed by atoms with Gasteiger partial charge in [0.1, 0.15) is 0 Å². The zero-order valence-electron chi connectivity index (χ0n) is 12.9. The highest BCUT2D eigenvalue weighted by Gasteiger charge is 2.16.